The monoisotopic (exact) mass is 402 g/mol. The Hall–Kier alpha value is -0.521. The quantitative estimate of drug-likeness (QED) is 0.592. The van der Waals surface area contributed by atoms with Gasteiger partial charge in [-0.05, 0) is 0 Å². The Morgan fingerprint density at radius 3 is 1.76 bits per heavy atom. The van der Waals surface area contributed by atoms with Crippen molar-refractivity contribution in [2.75, 3.05) is 0 Å². The molecule has 0 unspecified atom stereocenters. The van der Waals surface area contributed by atoms with Crippen LogP contribution in [0, 0.1) is 0 Å². The van der Waals surface area contributed by atoms with Crippen molar-refractivity contribution < 1.29 is 0 Å². The minimum absolute atomic E-state index is 0.113. The van der Waals surface area contributed by atoms with Crippen molar-refractivity contribution in [3.63, 3.8) is 0 Å². The molecule has 0 saturated heterocycles. The van der Waals surface area contributed by atoms with Crippen LogP contribution in [0.4, 0.5) is 0 Å². The van der Waals surface area contributed by atoms with Gasteiger partial charge in [0.25, 0.3) is 0 Å². The Bertz CT molecular complexity index is 500. The summed E-state index contributed by atoms with van der Waals surface area (Å²) in [6.45, 7) is 6.65. The Labute approximate surface area is 131 Å². The summed E-state index contributed by atoms with van der Waals surface area (Å²) in [5.74, 6) is 0. The van der Waals surface area contributed by atoms with Crippen LogP contribution in [0.2, 0.25) is 13.3 Å². The van der Waals surface area contributed by atoms with Crippen LogP contribution >= 0.6 is 0 Å². The van der Waals surface area contributed by atoms with Crippen LogP contribution < -0.4 is 14.8 Å². The van der Waals surface area contributed by atoms with Crippen molar-refractivity contribution in [2.45, 2.75) is 72.6 Å². The topological polar surface area (TPSA) is 65.7 Å². The van der Waals surface area contributed by atoms with Gasteiger partial charge in [-0.2, -0.15) is 0 Å². The summed E-state index contributed by atoms with van der Waals surface area (Å²) in [4.78, 5) is 28.9. The Balaban J connectivity index is 3.22. The van der Waals surface area contributed by atoms with E-state index < -0.39 is 18.4 Å². The van der Waals surface area contributed by atoms with Gasteiger partial charge in [-0.1, -0.05) is 0 Å². The minimum atomic E-state index is -2.70. The van der Waals surface area contributed by atoms with E-state index in [1.54, 1.807) is 6.20 Å². The fourth-order valence-corrected chi connectivity index (χ4v) is 19.0. The predicted octanol–water partition coefficient (Wildman–Crippen LogP) is 3.12. The molecule has 0 amide bonds. The molecule has 0 aliphatic heterocycles. The van der Waals surface area contributed by atoms with E-state index in [0.717, 1.165) is 3.58 Å². The van der Waals surface area contributed by atoms with Crippen LogP contribution in [0.25, 0.3) is 0 Å². The van der Waals surface area contributed by atoms with Crippen LogP contribution in [0.15, 0.2) is 15.8 Å². The van der Waals surface area contributed by atoms with Crippen LogP contribution in [0.3, 0.4) is 0 Å². The first-order valence-electron chi connectivity index (χ1n) is 8.42. The molecule has 0 spiro atoms. The number of H-pyrrole nitrogens is 2. The molecule has 0 fully saturated rings. The number of nitrogens with one attached hydrogen (secondary N) is 2. The van der Waals surface area contributed by atoms with Crippen LogP contribution in [-0.4, -0.2) is 28.3 Å². The van der Waals surface area contributed by atoms with Crippen LogP contribution in [-0.2, 0) is 0 Å². The normalized spacial score (nSPS) is 11.8. The molecular formula is C16H30N2O2Sn. The first kappa shape index (κ1) is 18.5. The molecule has 21 heavy (non-hydrogen) atoms. The van der Waals surface area contributed by atoms with E-state index in [4.69, 9.17) is 0 Å². The van der Waals surface area contributed by atoms with Gasteiger partial charge in [0, 0.05) is 0 Å². The zero-order valence-corrected chi connectivity index (χ0v) is 16.6. The Kier molecular flexibility index (Phi) is 8.37. The van der Waals surface area contributed by atoms with Gasteiger partial charge in [0.15, 0.2) is 0 Å². The van der Waals surface area contributed by atoms with Crippen molar-refractivity contribution in [1.29, 1.82) is 0 Å². The van der Waals surface area contributed by atoms with E-state index in [0.29, 0.717) is 0 Å². The molecule has 0 aliphatic carbocycles. The van der Waals surface area contributed by atoms with E-state index in [2.05, 4.69) is 30.7 Å². The molecule has 2 N–H and O–H groups in total. The van der Waals surface area contributed by atoms with Gasteiger partial charge < -0.3 is 0 Å². The molecule has 0 aliphatic rings. The number of rotatable bonds is 10. The first-order chi connectivity index (χ1) is 10.1. The second kappa shape index (κ2) is 9.49. The van der Waals surface area contributed by atoms with Crippen LogP contribution in [0.5, 0.6) is 0 Å². The Morgan fingerprint density at radius 1 is 0.905 bits per heavy atom. The van der Waals surface area contributed by atoms with E-state index in [1.807, 2.05) is 0 Å². The molecule has 4 nitrogen and oxygen atoms in total. The van der Waals surface area contributed by atoms with Crippen LogP contribution in [0.1, 0.15) is 59.3 Å². The number of unbranched alkanes of at least 4 members (excludes halogenated alkanes) is 3. The third kappa shape index (κ3) is 5.31. The molecule has 0 aromatic carbocycles. The van der Waals surface area contributed by atoms with E-state index in [1.165, 1.54) is 51.8 Å². The second-order valence-electron chi connectivity index (χ2n) is 6.08. The summed E-state index contributed by atoms with van der Waals surface area (Å²) < 4.78 is 4.69. The second-order valence-corrected chi connectivity index (χ2v) is 19.2. The zero-order chi connectivity index (χ0) is 15.7. The molecule has 0 radical (unpaired) electrons. The van der Waals surface area contributed by atoms with Crippen molar-refractivity contribution in [3.8, 4) is 0 Å². The number of hydrogen-bond donors (Lipinski definition) is 2. The molecular weight excluding hydrogens is 371 g/mol. The van der Waals surface area contributed by atoms with Crippen molar-refractivity contribution in [1.82, 2.24) is 9.97 Å². The fourth-order valence-electron chi connectivity index (χ4n) is 3.13. The van der Waals surface area contributed by atoms with Crippen molar-refractivity contribution in [3.05, 3.63) is 27.0 Å². The maximum atomic E-state index is 12.4. The average molecular weight is 401 g/mol. The molecule has 1 heterocycles. The number of hydrogen-bond acceptors (Lipinski definition) is 2. The number of aromatic amines is 2. The summed E-state index contributed by atoms with van der Waals surface area (Å²) in [7, 11) is 0. The third-order valence-electron chi connectivity index (χ3n) is 4.42. The summed E-state index contributed by atoms with van der Waals surface area (Å²) >= 11 is -2.70. The van der Waals surface area contributed by atoms with Gasteiger partial charge in [0.05, 0.1) is 0 Å². The van der Waals surface area contributed by atoms with Gasteiger partial charge >= 0.3 is 132 Å². The fraction of sp³-hybridized carbons (Fsp3) is 0.750. The third-order valence-corrected chi connectivity index (χ3v) is 20.0. The average Bonchev–Trinajstić information content (AvgIpc) is 2.47. The van der Waals surface area contributed by atoms with Gasteiger partial charge in [-0.15, -0.1) is 0 Å². The van der Waals surface area contributed by atoms with Gasteiger partial charge in [0.1, 0.15) is 0 Å². The van der Waals surface area contributed by atoms with Gasteiger partial charge in [-0.3, -0.25) is 0 Å². The van der Waals surface area contributed by atoms with Crippen molar-refractivity contribution in [2.24, 2.45) is 0 Å². The number of aromatic nitrogens is 2. The Morgan fingerprint density at radius 2 is 1.38 bits per heavy atom. The summed E-state index contributed by atoms with van der Waals surface area (Å²) in [5, 5.41) is 0. The van der Waals surface area contributed by atoms with E-state index >= 15 is 0 Å². The molecule has 120 valence electrons. The summed E-state index contributed by atoms with van der Waals surface area (Å²) in [5.41, 5.74) is -0.497. The molecule has 1 aromatic heterocycles. The maximum absolute atomic E-state index is 12.4. The predicted molar refractivity (Wildman–Crippen MR) is 92.2 cm³/mol. The molecule has 1 rings (SSSR count). The van der Waals surface area contributed by atoms with Gasteiger partial charge in [-0.25, -0.2) is 0 Å². The standard InChI is InChI=1S/C4H3N2O2.3C4H9.Sn/c7-3-1-2-5-4(8)6-3;3*1-3-4-2;/h2H,(H2,5,6,7,8);3*1,3-4H2,2H3;. The molecule has 0 bridgehead atoms. The molecule has 1 aromatic rings. The SMILES string of the molecule is CCC[CH2][Sn]([CH2]CCC)([CH2]CCC)[c]1c[nH]c(=O)[nH]c1=O. The summed E-state index contributed by atoms with van der Waals surface area (Å²) in [6.07, 6.45) is 8.92. The summed E-state index contributed by atoms with van der Waals surface area (Å²) in [6, 6.07) is 0. The molecule has 5 heteroatoms. The van der Waals surface area contributed by atoms with Crippen molar-refractivity contribution >= 4 is 22.0 Å². The first-order valence-corrected chi connectivity index (χ1v) is 15.9. The van der Waals surface area contributed by atoms with E-state index in [-0.39, 0.29) is 11.2 Å². The molecule has 0 atom stereocenters. The van der Waals surface area contributed by atoms with E-state index in [9.17, 15) is 9.59 Å². The van der Waals surface area contributed by atoms with Gasteiger partial charge in [0.2, 0.25) is 0 Å². The molecule has 0 saturated carbocycles. The zero-order valence-electron chi connectivity index (χ0n) is 13.8.